The molecule has 1 aromatic carbocycles. The van der Waals surface area contributed by atoms with E-state index in [2.05, 4.69) is 27.3 Å². The molecule has 3 nitrogen and oxygen atoms in total. The Kier molecular flexibility index (Phi) is 5.49. The molecule has 0 saturated carbocycles. The van der Waals surface area contributed by atoms with Crippen LogP contribution in [0.1, 0.15) is 24.0 Å². The Hall–Kier alpha value is -1.79. The lowest BCUT2D eigenvalue weighted by molar-refractivity contribution is -0.137. The van der Waals surface area contributed by atoms with Gasteiger partial charge in [-0.1, -0.05) is 41.9 Å². The van der Waals surface area contributed by atoms with E-state index in [9.17, 15) is 13.2 Å². The third-order valence-electron chi connectivity index (χ3n) is 4.31. The summed E-state index contributed by atoms with van der Waals surface area (Å²) in [7, 11) is 0. The highest BCUT2D eigenvalue weighted by molar-refractivity contribution is 6.29. The fourth-order valence-electron chi connectivity index (χ4n) is 3.02. The average molecular weight is 370 g/mol. The van der Waals surface area contributed by atoms with Gasteiger partial charge in [-0.15, -0.1) is 0 Å². The van der Waals surface area contributed by atoms with Gasteiger partial charge in [0.25, 0.3) is 0 Å². The number of rotatable bonds is 4. The van der Waals surface area contributed by atoms with Crippen molar-refractivity contribution in [2.75, 3.05) is 18.4 Å². The van der Waals surface area contributed by atoms with Gasteiger partial charge in [0.1, 0.15) is 11.0 Å². The summed E-state index contributed by atoms with van der Waals surface area (Å²) < 4.78 is 38.6. The van der Waals surface area contributed by atoms with Gasteiger partial charge in [0.15, 0.2) is 0 Å². The predicted octanol–water partition coefficient (Wildman–Crippen LogP) is 4.83. The summed E-state index contributed by atoms with van der Waals surface area (Å²) in [5.41, 5.74) is 0.483. The standard InChI is InChI=1S/C18H19ClF3N3/c19-16-10-14(18(20,21)22)11-17(24-16)23-15-6-8-25(9-7-15)12-13-4-2-1-3-5-13/h1-5,10-11,15H,6-9,12H2,(H,23,24). The molecule has 0 amide bonds. The van der Waals surface area contributed by atoms with Crippen molar-refractivity contribution in [3.05, 3.63) is 58.7 Å². The number of nitrogens with one attached hydrogen (secondary N) is 1. The van der Waals surface area contributed by atoms with Crippen molar-refractivity contribution >= 4 is 17.4 Å². The van der Waals surface area contributed by atoms with Crippen molar-refractivity contribution in [3.63, 3.8) is 0 Å². The van der Waals surface area contributed by atoms with Crippen molar-refractivity contribution in [2.45, 2.75) is 31.6 Å². The van der Waals surface area contributed by atoms with Gasteiger partial charge >= 0.3 is 6.18 Å². The summed E-state index contributed by atoms with van der Waals surface area (Å²) >= 11 is 5.73. The van der Waals surface area contributed by atoms with Gasteiger partial charge in [-0.2, -0.15) is 13.2 Å². The summed E-state index contributed by atoms with van der Waals surface area (Å²) in [6.45, 7) is 2.67. The van der Waals surface area contributed by atoms with E-state index < -0.39 is 11.7 Å². The number of piperidine rings is 1. The van der Waals surface area contributed by atoms with E-state index in [4.69, 9.17) is 11.6 Å². The molecule has 0 aliphatic carbocycles. The molecule has 134 valence electrons. The summed E-state index contributed by atoms with van der Waals surface area (Å²) in [6.07, 6.45) is -2.73. The Labute approximate surface area is 149 Å². The van der Waals surface area contributed by atoms with Crippen LogP contribution in [0.2, 0.25) is 5.15 Å². The van der Waals surface area contributed by atoms with Crippen LogP contribution in [0.15, 0.2) is 42.5 Å². The lowest BCUT2D eigenvalue weighted by atomic mass is 10.0. The minimum absolute atomic E-state index is 0.0964. The first-order valence-electron chi connectivity index (χ1n) is 8.18. The SMILES string of the molecule is FC(F)(F)c1cc(Cl)nc(NC2CCN(Cc3ccccc3)CC2)c1. The van der Waals surface area contributed by atoms with E-state index in [0.29, 0.717) is 0 Å². The first-order valence-corrected chi connectivity index (χ1v) is 8.55. The van der Waals surface area contributed by atoms with E-state index in [1.54, 1.807) is 0 Å². The zero-order valence-corrected chi connectivity index (χ0v) is 14.3. The topological polar surface area (TPSA) is 28.2 Å². The normalized spacial score (nSPS) is 16.8. The Bertz CT molecular complexity index is 698. The molecule has 0 spiro atoms. The highest BCUT2D eigenvalue weighted by atomic mass is 35.5. The summed E-state index contributed by atoms with van der Waals surface area (Å²) in [4.78, 5) is 6.32. The minimum Gasteiger partial charge on any atom is -0.367 e. The van der Waals surface area contributed by atoms with Crippen LogP contribution in [0.5, 0.6) is 0 Å². The van der Waals surface area contributed by atoms with Crippen LogP contribution in [0.4, 0.5) is 19.0 Å². The smallest absolute Gasteiger partial charge is 0.367 e. The molecule has 0 atom stereocenters. The maximum absolute atomic E-state index is 12.9. The first kappa shape index (κ1) is 18.0. The van der Waals surface area contributed by atoms with E-state index in [1.807, 2.05) is 18.2 Å². The molecule has 7 heteroatoms. The summed E-state index contributed by atoms with van der Waals surface area (Å²) in [5, 5.41) is 2.94. The van der Waals surface area contributed by atoms with Gasteiger partial charge in [-0.05, 0) is 30.5 Å². The fourth-order valence-corrected chi connectivity index (χ4v) is 3.23. The molecule has 3 rings (SSSR count). The molecule has 1 aliphatic rings. The predicted molar refractivity (Wildman–Crippen MR) is 92.6 cm³/mol. The van der Waals surface area contributed by atoms with E-state index in [0.717, 1.165) is 44.6 Å². The molecule has 25 heavy (non-hydrogen) atoms. The van der Waals surface area contributed by atoms with E-state index in [1.165, 1.54) is 5.56 Å². The van der Waals surface area contributed by atoms with Crippen LogP contribution >= 0.6 is 11.6 Å². The minimum atomic E-state index is -4.43. The lowest BCUT2D eigenvalue weighted by Crippen LogP contribution is -2.38. The number of aromatic nitrogens is 1. The molecule has 2 aromatic rings. The zero-order valence-electron chi connectivity index (χ0n) is 13.6. The Morgan fingerprint density at radius 1 is 1.12 bits per heavy atom. The molecular weight excluding hydrogens is 351 g/mol. The maximum atomic E-state index is 12.9. The molecule has 2 heterocycles. The average Bonchev–Trinajstić information content (AvgIpc) is 2.56. The second-order valence-electron chi connectivity index (χ2n) is 6.24. The van der Waals surface area contributed by atoms with E-state index in [-0.39, 0.29) is 17.0 Å². The largest absolute Gasteiger partial charge is 0.416 e. The molecule has 0 bridgehead atoms. The van der Waals surface area contributed by atoms with Gasteiger partial charge in [-0.3, -0.25) is 4.90 Å². The zero-order chi connectivity index (χ0) is 17.9. The van der Waals surface area contributed by atoms with E-state index >= 15 is 0 Å². The van der Waals surface area contributed by atoms with Crippen LogP contribution in [0.3, 0.4) is 0 Å². The van der Waals surface area contributed by atoms with Crippen molar-refractivity contribution in [1.82, 2.24) is 9.88 Å². The van der Waals surface area contributed by atoms with Crippen LogP contribution in [0.25, 0.3) is 0 Å². The summed E-state index contributed by atoms with van der Waals surface area (Å²) in [6, 6.07) is 12.2. The van der Waals surface area contributed by atoms with Crippen LogP contribution in [0, 0.1) is 0 Å². The monoisotopic (exact) mass is 369 g/mol. The van der Waals surface area contributed by atoms with Gasteiger partial charge in [-0.25, -0.2) is 4.98 Å². The highest BCUT2D eigenvalue weighted by Gasteiger charge is 2.32. The van der Waals surface area contributed by atoms with Gasteiger partial charge < -0.3 is 5.32 Å². The molecule has 1 saturated heterocycles. The summed E-state index contributed by atoms with van der Waals surface area (Å²) in [5.74, 6) is 0.182. The fraction of sp³-hybridized carbons (Fsp3) is 0.389. The molecule has 1 aliphatic heterocycles. The molecular formula is C18H19ClF3N3. The number of alkyl halides is 3. The molecule has 1 aromatic heterocycles. The number of hydrogen-bond acceptors (Lipinski definition) is 3. The molecule has 1 fully saturated rings. The molecule has 1 N–H and O–H groups in total. The second-order valence-corrected chi connectivity index (χ2v) is 6.63. The van der Waals surface area contributed by atoms with Crippen molar-refractivity contribution in [1.29, 1.82) is 0 Å². The molecule has 0 unspecified atom stereocenters. The Morgan fingerprint density at radius 2 is 1.80 bits per heavy atom. The first-order chi connectivity index (χ1) is 11.9. The van der Waals surface area contributed by atoms with Crippen molar-refractivity contribution < 1.29 is 13.2 Å². The Morgan fingerprint density at radius 3 is 2.44 bits per heavy atom. The number of anilines is 1. The number of nitrogens with zero attached hydrogens (tertiary/aromatic N) is 2. The van der Waals surface area contributed by atoms with Crippen LogP contribution < -0.4 is 5.32 Å². The number of halogens is 4. The highest BCUT2D eigenvalue weighted by Crippen LogP contribution is 2.32. The third kappa shape index (κ3) is 5.09. The van der Waals surface area contributed by atoms with Crippen molar-refractivity contribution in [2.24, 2.45) is 0 Å². The van der Waals surface area contributed by atoms with Gasteiger partial charge in [0.2, 0.25) is 0 Å². The number of likely N-dealkylation sites (tertiary alicyclic amines) is 1. The number of benzene rings is 1. The third-order valence-corrected chi connectivity index (χ3v) is 4.50. The number of hydrogen-bond donors (Lipinski definition) is 1. The molecule has 0 radical (unpaired) electrons. The number of pyridine rings is 1. The lowest BCUT2D eigenvalue weighted by Gasteiger charge is -2.32. The van der Waals surface area contributed by atoms with Gasteiger partial charge in [0.05, 0.1) is 5.56 Å². The Balaban J connectivity index is 1.56. The maximum Gasteiger partial charge on any atom is 0.416 e. The van der Waals surface area contributed by atoms with Crippen molar-refractivity contribution in [3.8, 4) is 0 Å². The second kappa shape index (κ2) is 7.62. The van der Waals surface area contributed by atoms with Crippen LogP contribution in [-0.4, -0.2) is 29.0 Å². The quantitative estimate of drug-likeness (QED) is 0.782. The van der Waals surface area contributed by atoms with Crippen LogP contribution in [-0.2, 0) is 12.7 Å². The van der Waals surface area contributed by atoms with Gasteiger partial charge in [0, 0.05) is 25.7 Å².